The lowest BCUT2D eigenvalue weighted by Crippen LogP contribution is -2.38. The van der Waals surface area contributed by atoms with Crippen LogP contribution in [0.1, 0.15) is 30.1 Å². The molecule has 0 aliphatic carbocycles. The summed E-state index contributed by atoms with van der Waals surface area (Å²) in [6.07, 6.45) is 4.08. The van der Waals surface area contributed by atoms with Crippen molar-refractivity contribution in [1.29, 1.82) is 0 Å². The number of hydrogen-bond donors (Lipinski definition) is 1. The first-order chi connectivity index (χ1) is 15.9. The molecule has 0 unspecified atom stereocenters. The summed E-state index contributed by atoms with van der Waals surface area (Å²) in [5.74, 6) is -1.34. The fourth-order valence-electron chi connectivity index (χ4n) is 4.09. The molecule has 1 fully saturated rings. The average molecular weight is 472 g/mol. The zero-order valence-corrected chi connectivity index (χ0v) is 19.3. The molecule has 0 bridgehead atoms. The van der Waals surface area contributed by atoms with Crippen LogP contribution in [0.4, 0.5) is 8.78 Å². The fraction of sp³-hybridized carbons (Fsp3) is 0.360. The number of carbonyl (C=O) groups excluding carboxylic acids is 2. The van der Waals surface area contributed by atoms with Crippen LogP contribution in [0.25, 0.3) is 10.9 Å². The first-order valence-electron chi connectivity index (χ1n) is 11.1. The highest BCUT2D eigenvalue weighted by Crippen LogP contribution is 2.30. The second-order valence-corrected chi connectivity index (χ2v) is 9.43. The highest BCUT2D eigenvalue weighted by molar-refractivity contribution is 8.00. The number of rotatable bonds is 7. The lowest BCUT2D eigenvalue weighted by molar-refractivity contribution is -0.129. The minimum Gasteiger partial charge on any atom is -0.350 e. The van der Waals surface area contributed by atoms with E-state index in [0.29, 0.717) is 18.2 Å². The molecule has 1 aromatic heterocycles. The predicted octanol–water partition coefficient (Wildman–Crippen LogP) is 4.70. The van der Waals surface area contributed by atoms with E-state index < -0.39 is 23.1 Å². The van der Waals surface area contributed by atoms with Gasteiger partial charge in [-0.1, -0.05) is 31.2 Å². The van der Waals surface area contributed by atoms with Gasteiger partial charge in [0.05, 0.1) is 5.75 Å². The van der Waals surface area contributed by atoms with Crippen LogP contribution < -0.4 is 5.32 Å². The lowest BCUT2D eigenvalue weighted by Gasteiger charge is -2.30. The zero-order valence-electron chi connectivity index (χ0n) is 18.5. The average Bonchev–Trinajstić information content (AvgIpc) is 3.15. The highest BCUT2D eigenvalue weighted by Gasteiger charge is 2.21. The molecule has 2 aromatic carbocycles. The second kappa shape index (κ2) is 10.4. The van der Waals surface area contributed by atoms with Gasteiger partial charge in [-0.25, -0.2) is 8.78 Å². The van der Waals surface area contributed by atoms with Crippen molar-refractivity contribution in [2.75, 3.05) is 25.4 Å². The molecular formula is C25H27F2N3O2S. The Kier molecular flexibility index (Phi) is 7.33. The molecule has 4 rings (SSSR count). The Morgan fingerprint density at radius 1 is 1.06 bits per heavy atom. The van der Waals surface area contributed by atoms with Gasteiger partial charge < -0.3 is 14.8 Å². The molecule has 174 valence electrons. The molecule has 8 heteroatoms. The maximum absolute atomic E-state index is 13.8. The van der Waals surface area contributed by atoms with E-state index in [4.69, 9.17) is 0 Å². The van der Waals surface area contributed by atoms with Gasteiger partial charge >= 0.3 is 0 Å². The van der Waals surface area contributed by atoms with Crippen molar-refractivity contribution in [3.63, 3.8) is 0 Å². The van der Waals surface area contributed by atoms with E-state index in [0.717, 1.165) is 53.9 Å². The summed E-state index contributed by atoms with van der Waals surface area (Å²) in [7, 11) is 0. The Bertz CT molecular complexity index is 1140. The van der Waals surface area contributed by atoms with Crippen LogP contribution in [0.3, 0.4) is 0 Å². The molecule has 0 radical (unpaired) electrons. The number of amides is 2. The largest absolute Gasteiger partial charge is 0.350 e. The van der Waals surface area contributed by atoms with Gasteiger partial charge in [-0.3, -0.25) is 9.59 Å². The molecule has 0 saturated carbocycles. The van der Waals surface area contributed by atoms with Crippen molar-refractivity contribution in [1.82, 2.24) is 14.8 Å². The Morgan fingerprint density at radius 2 is 1.76 bits per heavy atom. The topological polar surface area (TPSA) is 54.3 Å². The number of hydrogen-bond acceptors (Lipinski definition) is 3. The third-order valence-electron chi connectivity index (χ3n) is 6.07. The molecule has 2 amide bonds. The summed E-state index contributed by atoms with van der Waals surface area (Å²) in [6, 6.07) is 11.2. The number of nitrogens with zero attached hydrogens (tertiary/aromatic N) is 2. The predicted molar refractivity (Wildman–Crippen MR) is 126 cm³/mol. The second-order valence-electron chi connectivity index (χ2n) is 8.41. The fourth-order valence-corrected chi connectivity index (χ4v) is 5.09. The molecule has 1 aliphatic heterocycles. The number of likely N-dealkylation sites (tertiary alicyclic amines) is 1. The van der Waals surface area contributed by atoms with Crippen LogP contribution in [0, 0.1) is 17.6 Å². The molecular weight excluding hydrogens is 444 g/mol. The highest BCUT2D eigenvalue weighted by atomic mass is 32.2. The summed E-state index contributed by atoms with van der Waals surface area (Å²) >= 11 is 1.52. The molecule has 33 heavy (non-hydrogen) atoms. The lowest BCUT2D eigenvalue weighted by atomic mass is 9.99. The summed E-state index contributed by atoms with van der Waals surface area (Å²) in [5, 5.41) is 3.63. The SMILES string of the molecule is CC1CCN(C(=O)CSc2cn(CCNC(=O)c3c(F)cccc3F)c3ccccc23)CC1. The standard InChI is InChI=1S/C25H27F2N3O2S/c1-17-9-12-29(13-10-17)23(31)16-33-22-15-30(21-8-3-2-5-18(21)22)14-11-28-25(32)24-19(26)6-4-7-20(24)27/h2-8,15,17H,9-14,16H2,1H3,(H,28,32). The minimum absolute atomic E-state index is 0.155. The monoisotopic (exact) mass is 471 g/mol. The Hall–Kier alpha value is -2.87. The van der Waals surface area contributed by atoms with Crippen molar-refractivity contribution in [2.24, 2.45) is 5.92 Å². The maximum atomic E-state index is 13.8. The van der Waals surface area contributed by atoms with E-state index in [1.54, 1.807) is 0 Å². The van der Waals surface area contributed by atoms with Crippen molar-refractivity contribution >= 4 is 34.5 Å². The van der Waals surface area contributed by atoms with Crippen LogP contribution in [-0.4, -0.2) is 46.7 Å². The molecule has 1 N–H and O–H groups in total. The van der Waals surface area contributed by atoms with Crippen LogP contribution in [-0.2, 0) is 11.3 Å². The number of para-hydroxylation sites is 1. The quantitative estimate of drug-likeness (QED) is 0.508. The van der Waals surface area contributed by atoms with E-state index in [1.165, 1.54) is 17.8 Å². The van der Waals surface area contributed by atoms with Crippen LogP contribution in [0.2, 0.25) is 0 Å². The number of aromatic nitrogens is 1. The number of thioether (sulfide) groups is 1. The molecule has 2 heterocycles. The van der Waals surface area contributed by atoms with Crippen molar-refractivity contribution < 1.29 is 18.4 Å². The summed E-state index contributed by atoms with van der Waals surface area (Å²) < 4.78 is 29.6. The van der Waals surface area contributed by atoms with E-state index >= 15 is 0 Å². The van der Waals surface area contributed by atoms with Gasteiger partial charge in [-0.2, -0.15) is 0 Å². The van der Waals surface area contributed by atoms with Gasteiger partial charge in [0, 0.05) is 48.2 Å². The number of carbonyl (C=O) groups is 2. The first-order valence-corrected chi connectivity index (χ1v) is 12.1. The number of piperidine rings is 1. The van der Waals surface area contributed by atoms with Crippen molar-refractivity contribution in [3.8, 4) is 0 Å². The molecule has 3 aromatic rings. The van der Waals surface area contributed by atoms with Crippen LogP contribution >= 0.6 is 11.8 Å². The summed E-state index contributed by atoms with van der Waals surface area (Å²) in [5.41, 5.74) is 0.405. The van der Waals surface area contributed by atoms with E-state index in [1.807, 2.05) is 39.9 Å². The van der Waals surface area contributed by atoms with E-state index in [2.05, 4.69) is 12.2 Å². The number of fused-ring (bicyclic) bond motifs is 1. The molecule has 0 atom stereocenters. The Balaban J connectivity index is 1.39. The van der Waals surface area contributed by atoms with Gasteiger partial charge in [0.25, 0.3) is 5.91 Å². The number of benzene rings is 2. The summed E-state index contributed by atoms with van der Waals surface area (Å²) in [6.45, 7) is 4.51. The Labute approximate surface area is 196 Å². The molecule has 5 nitrogen and oxygen atoms in total. The number of nitrogens with one attached hydrogen (secondary N) is 1. The minimum atomic E-state index is -0.884. The number of halogens is 2. The van der Waals surface area contributed by atoms with Crippen LogP contribution in [0.5, 0.6) is 0 Å². The molecule has 0 spiro atoms. The molecule has 1 saturated heterocycles. The summed E-state index contributed by atoms with van der Waals surface area (Å²) in [4.78, 5) is 27.8. The van der Waals surface area contributed by atoms with Gasteiger partial charge in [-0.05, 0) is 37.0 Å². The third-order valence-corrected chi connectivity index (χ3v) is 7.10. The zero-order chi connectivity index (χ0) is 23.4. The van der Waals surface area contributed by atoms with Crippen molar-refractivity contribution in [3.05, 3.63) is 65.9 Å². The van der Waals surface area contributed by atoms with E-state index in [9.17, 15) is 18.4 Å². The normalized spacial score (nSPS) is 14.6. The first kappa shape index (κ1) is 23.3. The third kappa shape index (κ3) is 5.38. The van der Waals surface area contributed by atoms with E-state index in [-0.39, 0.29) is 12.5 Å². The van der Waals surface area contributed by atoms with Crippen LogP contribution in [0.15, 0.2) is 53.6 Å². The van der Waals surface area contributed by atoms with Gasteiger partial charge in [0.2, 0.25) is 5.91 Å². The van der Waals surface area contributed by atoms with Crippen molar-refractivity contribution in [2.45, 2.75) is 31.2 Å². The maximum Gasteiger partial charge on any atom is 0.257 e. The Morgan fingerprint density at radius 3 is 2.48 bits per heavy atom. The van der Waals surface area contributed by atoms with Gasteiger partial charge in [-0.15, -0.1) is 11.8 Å². The smallest absolute Gasteiger partial charge is 0.257 e. The van der Waals surface area contributed by atoms with Gasteiger partial charge in [0.15, 0.2) is 0 Å². The van der Waals surface area contributed by atoms with Gasteiger partial charge in [0.1, 0.15) is 17.2 Å². The molecule has 1 aliphatic rings.